The molecule has 0 saturated carbocycles. The van der Waals surface area contributed by atoms with Gasteiger partial charge in [-0.15, -0.1) is 11.3 Å². The molecule has 1 aromatic heterocycles. The van der Waals surface area contributed by atoms with Crippen LogP contribution in [0.1, 0.15) is 5.01 Å². The highest BCUT2D eigenvalue weighted by Gasteiger charge is 2.14. The van der Waals surface area contributed by atoms with Gasteiger partial charge < -0.3 is 0 Å². The van der Waals surface area contributed by atoms with Crippen molar-refractivity contribution in [3.63, 3.8) is 0 Å². The van der Waals surface area contributed by atoms with Crippen molar-refractivity contribution < 1.29 is 0 Å². The highest BCUT2D eigenvalue weighted by Crippen LogP contribution is 2.39. The van der Waals surface area contributed by atoms with E-state index >= 15 is 0 Å². The summed E-state index contributed by atoms with van der Waals surface area (Å²) in [4.78, 5) is 5.94. The Morgan fingerprint density at radius 1 is 1.00 bits per heavy atom. The number of hydrogen-bond acceptors (Lipinski definition) is 5. The highest BCUT2D eigenvalue weighted by molar-refractivity contribution is 8.01. The molecule has 0 radical (unpaired) electrons. The Morgan fingerprint density at radius 2 is 1.67 bits per heavy atom. The molecule has 0 aliphatic carbocycles. The van der Waals surface area contributed by atoms with Crippen molar-refractivity contribution in [3.8, 4) is 11.3 Å². The monoisotopic (exact) mass is 313 g/mol. The molecule has 3 aromatic rings. The number of hydrogen-bond donors (Lipinski definition) is 2. The second-order valence-electron chi connectivity index (χ2n) is 4.41. The van der Waals surface area contributed by atoms with Gasteiger partial charge in [0.2, 0.25) is 0 Å². The van der Waals surface area contributed by atoms with Gasteiger partial charge in [-0.1, -0.05) is 60.3 Å². The van der Waals surface area contributed by atoms with E-state index < -0.39 is 0 Å². The Labute approximate surface area is 132 Å². The van der Waals surface area contributed by atoms with Crippen LogP contribution in [0.15, 0.2) is 69.8 Å². The SMILES string of the molecule is NNCc1nc(-c2ccccc2)c(Sc2ccccc2)s1. The van der Waals surface area contributed by atoms with E-state index in [1.165, 1.54) is 9.10 Å². The van der Waals surface area contributed by atoms with Crippen LogP contribution in [-0.2, 0) is 6.54 Å². The highest BCUT2D eigenvalue weighted by atomic mass is 32.2. The van der Waals surface area contributed by atoms with Crippen molar-refractivity contribution >= 4 is 23.1 Å². The maximum Gasteiger partial charge on any atom is 0.110 e. The maximum atomic E-state index is 5.42. The van der Waals surface area contributed by atoms with Crippen LogP contribution in [0.25, 0.3) is 11.3 Å². The minimum absolute atomic E-state index is 0.583. The lowest BCUT2D eigenvalue weighted by atomic mass is 10.2. The van der Waals surface area contributed by atoms with Gasteiger partial charge in [0.05, 0.1) is 16.4 Å². The lowest BCUT2D eigenvalue weighted by Crippen LogP contribution is -2.20. The largest absolute Gasteiger partial charge is 0.271 e. The van der Waals surface area contributed by atoms with Crippen LogP contribution in [0.4, 0.5) is 0 Å². The molecule has 0 aliphatic heterocycles. The van der Waals surface area contributed by atoms with E-state index in [0.29, 0.717) is 6.54 Å². The van der Waals surface area contributed by atoms with E-state index in [2.05, 4.69) is 29.7 Å². The molecule has 21 heavy (non-hydrogen) atoms. The van der Waals surface area contributed by atoms with Crippen LogP contribution >= 0.6 is 23.1 Å². The molecule has 0 bridgehead atoms. The summed E-state index contributed by atoms with van der Waals surface area (Å²) in [7, 11) is 0. The Balaban J connectivity index is 1.98. The van der Waals surface area contributed by atoms with Gasteiger partial charge in [-0.05, 0) is 12.1 Å². The topological polar surface area (TPSA) is 50.9 Å². The number of aromatic nitrogens is 1. The molecule has 0 aliphatic rings. The Bertz CT molecular complexity index is 696. The van der Waals surface area contributed by atoms with Crippen LogP contribution in [0.5, 0.6) is 0 Å². The van der Waals surface area contributed by atoms with Crippen molar-refractivity contribution in [3.05, 3.63) is 65.7 Å². The molecule has 0 saturated heterocycles. The van der Waals surface area contributed by atoms with Crippen molar-refractivity contribution in [2.45, 2.75) is 15.6 Å². The van der Waals surface area contributed by atoms with Gasteiger partial charge in [0.15, 0.2) is 0 Å². The summed E-state index contributed by atoms with van der Waals surface area (Å²) < 4.78 is 1.19. The summed E-state index contributed by atoms with van der Waals surface area (Å²) in [6.07, 6.45) is 0. The summed E-state index contributed by atoms with van der Waals surface area (Å²) in [6.45, 7) is 0.583. The Hall–Kier alpha value is -1.66. The molecule has 0 amide bonds. The number of nitrogens with one attached hydrogen (secondary N) is 1. The third kappa shape index (κ3) is 3.51. The molecule has 5 heteroatoms. The average molecular weight is 313 g/mol. The first-order valence-electron chi connectivity index (χ1n) is 6.58. The molecule has 3 rings (SSSR count). The Morgan fingerprint density at radius 3 is 2.33 bits per heavy atom. The van der Waals surface area contributed by atoms with Crippen molar-refractivity contribution in [1.29, 1.82) is 0 Å². The molecule has 0 atom stereocenters. The molecule has 0 fully saturated rings. The first kappa shape index (κ1) is 14.3. The van der Waals surface area contributed by atoms with Crippen LogP contribution in [0, 0.1) is 0 Å². The summed E-state index contributed by atoms with van der Waals surface area (Å²) in [5.41, 5.74) is 4.84. The van der Waals surface area contributed by atoms with E-state index in [1.807, 2.05) is 36.4 Å². The molecular formula is C16H15N3S2. The summed E-state index contributed by atoms with van der Waals surface area (Å²) in [5.74, 6) is 5.42. The molecule has 0 spiro atoms. The number of benzene rings is 2. The van der Waals surface area contributed by atoms with Crippen molar-refractivity contribution in [2.75, 3.05) is 0 Å². The predicted octanol–water partition coefficient (Wildman–Crippen LogP) is 3.92. The third-order valence-electron chi connectivity index (χ3n) is 2.89. The van der Waals surface area contributed by atoms with E-state index in [9.17, 15) is 0 Å². The maximum absolute atomic E-state index is 5.42. The smallest absolute Gasteiger partial charge is 0.110 e. The van der Waals surface area contributed by atoms with Crippen LogP contribution in [-0.4, -0.2) is 4.98 Å². The standard InChI is InChI=1S/C16H15N3S2/c17-18-11-14-19-15(12-7-3-1-4-8-12)16(21-14)20-13-9-5-2-6-10-13/h1-10,18H,11,17H2. The third-order valence-corrected chi connectivity index (χ3v) is 5.13. The van der Waals surface area contributed by atoms with Crippen molar-refractivity contribution in [2.24, 2.45) is 5.84 Å². The lowest BCUT2D eigenvalue weighted by Gasteiger charge is -2.02. The fourth-order valence-electron chi connectivity index (χ4n) is 1.95. The zero-order valence-corrected chi connectivity index (χ0v) is 13.0. The number of nitrogens with two attached hydrogens (primary N) is 1. The molecule has 3 nitrogen and oxygen atoms in total. The molecule has 2 aromatic carbocycles. The second kappa shape index (κ2) is 6.87. The minimum atomic E-state index is 0.583. The summed E-state index contributed by atoms with van der Waals surface area (Å²) >= 11 is 3.43. The van der Waals surface area contributed by atoms with Gasteiger partial charge in [-0.25, -0.2) is 4.98 Å². The van der Waals surface area contributed by atoms with Crippen LogP contribution in [0.2, 0.25) is 0 Å². The molecule has 0 unspecified atom stereocenters. The normalized spacial score (nSPS) is 10.7. The van der Waals surface area contributed by atoms with Gasteiger partial charge in [-0.3, -0.25) is 11.3 Å². The number of rotatable bonds is 5. The second-order valence-corrected chi connectivity index (χ2v) is 6.83. The first-order chi connectivity index (χ1) is 10.4. The fourth-order valence-corrected chi connectivity index (χ4v) is 4.23. The van der Waals surface area contributed by atoms with E-state index in [4.69, 9.17) is 10.8 Å². The summed E-state index contributed by atoms with van der Waals surface area (Å²) in [6, 6.07) is 20.6. The molecule has 3 N–H and O–H groups in total. The molecule has 1 heterocycles. The predicted molar refractivity (Wildman–Crippen MR) is 89.1 cm³/mol. The first-order valence-corrected chi connectivity index (χ1v) is 8.21. The van der Waals surface area contributed by atoms with E-state index in [-0.39, 0.29) is 0 Å². The number of thiazole rings is 1. The van der Waals surface area contributed by atoms with Gasteiger partial charge in [0.1, 0.15) is 5.01 Å². The van der Waals surface area contributed by atoms with Gasteiger partial charge in [-0.2, -0.15) is 0 Å². The van der Waals surface area contributed by atoms with Gasteiger partial charge >= 0.3 is 0 Å². The average Bonchev–Trinajstić information content (AvgIpc) is 2.92. The Kier molecular flexibility index (Phi) is 4.67. The van der Waals surface area contributed by atoms with E-state index in [0.717, 1.165) is 16.3 Å². The van der Waals surface area contributed by atoms with Gasteiger partial charge in [0.25, 0.3) is 0 Å². The zero-order chi connectivity index (χ0) is 14.5. The quantitative estimate of drug-likeness (QED) is 0.553. The minimum Gasteiger partial charge on any atom is -0.271 e. The van der Waals surface area contributed by atoms with Crippen molar-refractivity contribution in [1.82, 2.24) is 10.4 Å². The van der Waals surface area contributed by atoms with E-state index in [1.54, 1.807) is 23.1 Å². The number of hydrazine groups is 1. The van der Waals surface area contributed by atoms with Crippen LogP contribution < -0.4 is 11.3 Å². The fraction of sp³-hybridized carbons (Fsp3) is 0.0625. The lowest BCUT2D eigenvalue weighted by molar-refractivity contribution is 0.737. The number of nitrogens with zero attached hydrogens (tertiary/aromatic N) is 1. The molecule has 106 valence electrons. The van der Waals surface area contributed by atoms with Crippen LogP contribution in [0.3, 0.4) is 0 Å². The zero-order valence-electron chi connectivity index (χ0n) is 11.3. The van der Waals surface area contributed by atoms with Gasteiger partial charge in [0, 0.05) is 10.5 Å². The molecular weight excluding hydrogens is 298 g/mol. The summed E-state index contributed by atoms with van der Waals surface area (Å²) in [5, 5.41) is 0.995.